The average Bonchev–Trinajstić information content (AvgIpc) is 3.40. The van der Waals surface area contributed by atoms with Gasteiger partial charge in [-0.15, -0.1) is 0 Å². The minimum atomic E-state index is -0.151. The van der Waals surface area contributed by atoms with Crippen LogP contribution in [0.5, 0.6) is 0 Å². The molecule has 1 amide bonds. The van der Waals surface area contributed by atoms with E-state index in [0.29, 0.717) is 19.0 Å². The largest absolute Gasteiger partial charge is 0.381 e. The van der Waals surface area contributed by atoms with Gasteiger partial charge in [0, 0.05) is 31.4 Å². The maximum atomic E-state index is 13.0. The monoisotopic (exact) mass is 366 g/mol. The summed E-state index contributed by atoms with van der Waals surface area (Å²) in [6.45, 7) is 3.91. The molecule has 2 aromatic rings. The van der Waals surface area contributed by atoms with Crippen LogP contribution in [0, 0.1) is 11.8 Å². The molecule has 1 spiro atoms. The second-order valence-corrected chi connectivity index (χ2v) is 8.24. The molecule has 1 aliphatic carbocycles. The van der Waals surface area contributed by atoms with E-state index in [1.165, 1.54) is 12.8 Å². The van der Waals surface area contributed by atoms with Crippen molar-refractivity contribution in [3.05, 3.63) is 42.1 Å². The maximum absolute atomic E-state index is 13.0. The summed E-state index contributed by atoms with van der Waals surface area (Å²) in [5.41, 5.74) is 1.45. The number of hydrogen-bond donors (Lipinski definition) is 0. The number of hydrogen-bond acceptors (Lipinski definition) is 4. The van der Waals surface area contributed by atoms with Crippen LogP contribution in [-0.4, -0.2) is 54.3 Å². The molecule has 3 heterocycles. The van der Waals surface area contributed by atoms with E-state index in [4.69, 9.17) is 9.47 Å². The minimum Gasteiger partial charge on any atom is -0.381 e. The number of aromatic nitrogens is 1. The van der Waals surface area contributed by atoms with Crippen LogP contribution in [-0.2, 0) is 9.47 Å². The number of para-hydroxylation sites is 1. The molecule has 1 atom stereocenters. The van der Waals surface area contributed by atoms with Crippen molar-refractivity contribution in [2.45, 2.75) is 31.3 Å². The highest BCUT2D eigenvalue weighted by Crippen LogP contribution is 2.42. The third-order valence-corrected chi connectivity index (χ3v) is 6.34. The molecule has 0 N–H and O–H groups in total. The fraction of sp³-hybridized carbons (Fsp3) is 0.545. The van der Waals surface area contributed by atoms with E-state index < -0.39 is 0 Å². The topological polar surface area (TPSA) is 51.7 Å². The summed E-state index contributed by atoms with van der Waals surface area (Å²) >= 11 is 0. The Labute approximate surface area is 159 Å². The van der Waals surface area contributed by atoms with Gasteiger partial charge in [-0.25, -0.2) is 0 Å². The Bertz CT molecular complexity index is 837. The molecule has 142 valence electrons. The number of nitrogens with zero attached hydrogens (tertiary/aromatic N) is 2. The Morgan fingerprint density at radius 3 is 2.93 bits per heavy atom. The molecule has 3 fully saturated rings. The van der Waals surface area contributed by atoms with Crippen LogP contribution in [0.4, 0.5) is 0 Å². The first-order chi connectivity index (χ1) is 13.3. The van der Waals surface area contributed by atoms with Crippen LogP contribution in [0.25, 0.3) is 10.9 Å². The molecular formula is C22H26N2O3. The van der Waals surface area contributed by atoms with Crippen LogP contribution in [0.3, 0.4) is 0 Å². The Balaban J connectivity index is 1.22. The molecule has 0 bridgehead atoms. The smallest absolute Gasteiger partial charge is 0.254 e. The van der Waals surface area contributed by atoms with Gasteiger partial charge in [0.05, 0.1) is 24.2 Å². The number of carbonyl (C=O) groups excluding carboxylic acids is 1. The van der Waals surface area contributed by atoms with Gasteiger partial charge in [0.1, 0.15) is 5.60 Å². The van der Waals surface area contributed by atoms with Crippen LogP contribution < -0.4 is 0 Å². The molecule has 1 aromatic heterocycles. The molecule has 5 rings (SSSR count). The molecule has 3 aliphatic rings. The molecule has 0 radical (unpaired) electrons. The van der Waals surface area contributed by atoms with Crippen molar-refractivity contribution in [1.82, 2.24) is 9.88 Å². The van der Waals surface area contributed by atoms with Crippen LogP contribution in [0.2, 0.25) is 0 Å². The van der Waals surface area contributed by atoms with E-state index in [9.17, 15) is 4.79 Å². The molecule has 5 nitrogen and oxygen atoms in total. The van der Waals surface area contributed by atoms with E-state index in [1.54, 1.807) is 6.20 Å². The fourth-order valence-electron chi connectivity index (χ4n) is 4.50. The summed E-state index contributed by atoms with van der Waals surface area (Å²) in [5, 5.41) is 0.920. The summed E-state index contributed by atoms with van der Waals surface area (Å²) < 4.78 is 12.0. The number of rotatable bonds is 6. The zero-order valence-corrected chi connectivity index (χ0v) is 15.6. The number of fused-ring (bicyclic) bond motifs is 1. The Hall–Kier alpha value is -1.98. The average molecular weight is 366 g/mol. The van der Waals surface area contributed by atoms with Gasteiger partial charge in [0.25, 0.3) is 5.91 Å². The number of pyridine rings is 1. The predicted molar refractivity (Wildman–Crippen MR) is 103 cm³/mol. The first-order valence-corrected chi connectivity index (χ1v) is 10.1. The maximum Gasteiger partial charge on any atom is 0.254 e. The molecule has 2 aliphatic heterocycles. The number of ether oxygens (including phenoxy) is 2. The summed E-state index contributed by atoms with van der Waals surface area (Å²) in [6.07, 6.45) is 6.49. The quantitative estimate of drug-likeness (QED) is 0.736. The van der Waals surface area contributed by atoms with E-state index in [1.807, 2.05) is 35.2 Å². The van der Waals surface area contributed by atoms with E-state index in [2.05, 4.69) is 4.98 Å². The lowest BCUT2D eigenvalue weighted by atomic mass is 9.78. The first kappa shape index (κ1) is 17.1. The van der Waals surface area contributed by atoms with E-state index in [0.717, 1.165) is 55.0 Å². The van der Waals surface area contributed by atoms with Crippen molar-refractivity contribution in [2.75, 3.05) is 32.9 Å². The number of amides is 1. The highest BCUT2D eigenvalue weighted by Gasteiger charge is 2.54. The third kappa shape index (κ3) is 3.23. The molecule has 27 heavy (non-hydrogen) atoms. The van der Waals surface area contributed by atoms with Crippen molar-refractivity contribution in [1.29, 1.82) is 0 Å². The highest BCUT2D eigenvalue weighted by atomic mass is 16.5. The highest BCUT2D eigenvalue weighted by molar-refractivity contribution is 6.06. The zero-order chi connectivity index (χ0) is 18.3. The van der Waals surface area contributed by atoms with Crippen LogP contribution >= 0.6 is 0 Å². The van der Waals surface area contributed by atoms with Gasteiger partial charge in [-0.2, -0.15) is 0 Å². The van der Waals surface area contributed by atoms with Gasteiger partial charge in [-0.1, -0.05) is 18.2 Å². The van der Waals surface area contributed by atoms with Crippen molar-refractivity contribution < 1.29 is 14.3 Å². The van der Waals surface area contributed by atoms with Gasteiger partial charge < -0.3 is 14.4 Å². The second kappa shape index (κ2) is 6.88. The molecule has 0 unspecified atom stereocenters. The number of likely N-dealkylation sites (tertiary alicyclic amines) is 1. The van der Waals surface area contributed by atoms with E-state index >= 15 is 0 Å². The van der Waals surface area contributed by atoms with Gasteiger partial charge in [-0.05, 0) is 49.7 Å². The van der Waals surface area contributed by atoms with Crippen LogP contribution in [0.15, 0.2) is 36.5 Å². The lowest BCUT2D eigenvalue weighted by Gasteiger charge is -2.50. The van der Waals surface area contributed by atoms with Gasteiger partial charge in [-0.3, -0.25) is 9.78 Å². The SMILES string of the molecule is O=C(c1ccnc2ccccc12)N1CC2(C1)OCC[C@@H]2CCOCC1CC1. The number of benzene rings is 1. The zero-order valence-electron chi connectivity index (χ0n) is 15.6. The lowest BCUT2D eigenvalue weighted by Crippen LogP contribution is -2.66. The standard InChI is InChI=1S/C22H26N2O3/c25-21(19-7-10-23-20-4-2-1-3-18(19)20)24-14-22(15-24)17(9-12-27-22)8-11-26-13-16-5-6-16/h1-4,7,10,16-17H,5-6,8-9,11-15H2/t17-/m0/s1. The Kier molecular flexibility index (Phi) is 4.37. The fourth-order valence-corrected chi connectivity index (χ4v) is 4.50. The first-order valence-electron chi connectivity index (χ1n) is 10.1. The summed E-state index contributed by atoms with van der Waals surface area (Å²) in [7, 11) is 0. The molecular weight excluding hydrogens is 340 g/mol. The van der Waals surface area contributed by atoms with Crippen molar-refractivity contribution in [3.8, 4) is 0 Å². The predicted octanol–water partition coefficient (Wildman–Crippen LogP) is 3.28. The van der Waals surface area contributed by atoms with Gasteiger partial charge >= 0.3 is 0 Å². The third-order valence-electron chi connectivity index (χ3n) is 6.34. The Morgan fingerprint density at radius 1 is 1.22 bits per heavy atom. The molecule has 2 saturated heterocycles. The Morgan fingerprint density at radius 2 is 2.07 bits per heavy atom. The lowest BCUT2D eigenvalue weighted by molar-refractivity contribution is -0.120. The summed E-state index contributed by atoms with van der Waals surface area (Å²) in [5.74, 6) is 1.39. The van der Waals surface area contributed by atoms with Crippen molar-refractivity contribution >= 4 is 16.8 Å². The van der Waals surface area contributed by atoms with Crippen LogP contribution in [0.1, 0.15) is 36.0 Å². The van der Waals surface area contributed by atoms with Crippen molar-refractivity contribution in [2.24, 2.45) is 11.8 Å². The minimum absolute atomic E-state index is 0.0819. The summed E-state index contributed by atoms with van der Waals surface area (Å²) in [4.78, 5) is 19.3. The molecule has 1 saturated carbocycles. The number of carbonyl (C=O) groups is 1. The normalized spacial score (nSPS) is 23.7. The van der Waals surface area contributed by atoms with E-state index in [-0.39, 0.29) is 11.5 Å². The van der Waals surface area contributed by atoms with Crippen molar-refractivity contribution in [3.63, 3.8) is 0 Å². The molecule has 1 aromatic carbocycles. The second-order valence-electron chi connectivity index (χ2n) is 8.24. The summed E-state index contributed by atoms with van der Waals surface area (Å²) in [6, 6.07) is 9.65. The van der Waals surface area contributed by atoms with Gasteiger partial charge in [0.15, 0.2) is 0 Å². The van der Waals surface area contributed by atoms with Gasteiger partial charge in [0.2, 0.25) is 0 Å². The molecule has 5 heteroatoms.